The predicted octanol–water partition coefficient (Wildman–Crippen LogP) is 0.330. The molecule has 0 aromatic rings. The predicted molar refractivity (Wildman–Crippen MR) is 84.6 cm³/mol. The van der Waals surface area contributed by atoms with Crippen molar-refractivity contribution in [2.75, 3.05) is 33.9 Å². The van der Waals surface area contributed by atoms with E-state index < -0.39 is 0 Å². The van der Waals surface area contributed by atoms with Crippen LogP contribution in [0.2, 0.25) is 0 Å². The van der Waals surface area contributed by atoms with Gasteiger partial charge in [-0.15, -0.1) is 24.0 Å². The molecule has 0 atom stereocenters. The summed E-state index contributed by atoms with van der Waals surface area (Å²) >= 11 is 0. The number of guanidine groups is 1. The van der Waals surface area contributed by atoms with Crippen molar-refractivity contribution in [2.45, 2.75) is 26.3 Å². The first kappa shape index (κ1) is 19.8. The van der Waals surface area contributed by atoms with Crippen LogP contribution in [-0.4, -0.2) is 51.8 Å². The smallest absolute Gasteiger partial charge is 0.221 e. The van der Waals surface area contributed by atoms with Gasteiger partial charge in [0.1, 0.15) is 0 Å². The van der Waals surface area contributed by atoms with Crippen molar-refractivity contribution in [1.82, 2.24) is 16.0 Å². The van der Waals surface area contributed by atoms with Crippen LogP contribution in [0.5, 0.6) is 0 Å². The molecule has 0 aromatic carbocycles. The van der Waals surface area contributed by atoms with Crippen molar-refractivity contribution in [3.8, 4) is 0 Å². The van der Waals surface area contributed by atoms with Crippen LogP contribution in [0.25, 0.3) is 0 Å². The lowest BCUT2D eigenvalue weighted by atomic mass is 10.3. The van der Waals surface area contributed by atoms with Gasteiger partial charge in [-0.3, -0.25) is 9.79 Å². The fourth-order valence-electron chi connectivity index (χ4n) is 1.18. The van der Waals surface area contributed by atoms with Crippen LogP contribution >= 0.6 is 24.0 Å². The monoisotopic (exact) mass is 372 g/mol. The molecule has 7 heteroatoms. The number of hydrogen-bond acceptors (Lipinski definition) is 3. The number of methoxy groups -OCH3 is 1. The van der Waals surface area contributed by atoms with Gasteiger partial charge in [0.05, 0.1) is 6.61 Å². The summed E-state index contributed by atoms with van der Waals surface area (Å²) in [6, 6.07) is 0.182. The average Bonchev–Trinajstić information content (AvgIpc) is 2.26. The Labute approximate surface area is 126 Å². The standard InChI is InChI=1S/C11H24N4O2.HI/c1-9(2)15-10(16)5-6-13-11(12-3)14-7-8-17-4;/h9H,5-8H2,1-4H3,(H,15,16)(H2,12,13,14);1H. The second kappa shape index (κ2) is 12.9. The molecular formula is C11H25IN4O2. The van der Waals surface area contributed by atoms with Crippen molar-refractivity contribution in [3.63, 3.8) is 0 Å². The van der Waals surface area contributed by atoms with Crippen LogP contribution in [0, 0.1) is 0 Å². The third-order valence-corrected chi connectivity index (χ3v) is 1.92. The number of carbonyl (C=O) groups is 1. The van der Waals surface area contributed by atoms with Crippen LogP contribution < -0.4 is 16.0 Å². The highest BCUT2D eigenvalue weighted by molar-refractivity contribution is 14.0. The fraction of sp³-hybridized carbons (Fsp3) is 0.818. The molecule has 0 saturated heterocycles. The Morgan fingerprint density at radius 3 is 2.39 bits per heavy atom. The van der Waals surface area contributed by atoms with Gasteiger partial charge < -0.3 is 20.7 Å². The number of carbonyl (C=O) groups excluding carboxylic acids is 1. The zero-order valence-corrected chi connectivity index (χ0v) is 13.9. The van der Waals surface area contributed by atoms with Crippen molar-refractivity contribution in [2.24, 2.45) is 4.99 Å². The Hall–Kier alpha value is -0.570. The Kier molecular flexibility index (Phi) is 14.1. The fourth-order valence-corrected chi connectivity index (χ4v) is 1.18. The van der Waals surface area contributed by atoms with E-state index in [9.17, 15) is 4.79 Å². The largest absolute Gasteiger partial charge is 0.383 e. The first-order valence-corrected chi connectivity index (χ1v) is 5.83. The minimum atomic E-state index is 0. The number of ether oxygens (including phenoxy) is 1. The third kappa shape index (κ3) is 11.9. The molecule has 0 bridgehead atoms. The van der Waals surface area contributed by atoms with E-state index in [1.54, 1.807) is 14.2 Å². The first-order chi connectivity index (χ1) is 8.10. The molecule has 0 aliphatic rings. The molecule has 0 spiro atoms. The number of hydrogen-bond donors (Lipinski definition) is 3. The SMILES string of the molecule is CN=C(NCCOC)NCCC(=O)NC(C)C.I. The molecular weight excluding hydrogens is 347 g/mol. The summed E-state index contributed by atoms with van der Waals surface area (Å²) in [7, 11) is 3.34. The van der Waals surface area contributed by atoms with Gasteiger partial charge in [-0.1, -0.05) is 0 Å². The Morgan fingerprint density at radius 2 is 1.89 bits per heavy atom. The second-order valence-electron chi connectivity index (χ2n) is 3.89. The highest BCUT2D eigenvalue weighted by Crippen LogP contribution is 1.82. The molecule has 0 rings (SSSR count). The molecule has 0 aromatic heterocycles. The molecule has 0 heterocycles. The summed E-state index contributed by atoms with van der Waals surface area (Å²) in [5.41, 5.74) is 0. The van der Waals surface area contributed by atoms with Crippen LogP contribution in [0.4, 0.5) is 0 Å². The number of rotatable bonds is 7. The molecule has 0 radical (unpaired) electrons. The second-order valence-corrected chi connectivity index (χ2v) is 3.89. The van der Waals surface area contributed by atoms with Crippen LogP contribution in [0.3, 0.4) is 0 Å². The van der Waals surface area contributed by atoms with E-state index in [4.69, 9.17) is 4.74 Å². The quantitative estimate of drug-likeness (QED) is 0.261. The topological polar surface area (TPSA) is 74.8 Å². The van der Waals surface area contributed by atoms with Gasteiger partial charge >= 0.3 is 0 Å². The zero-order chi connectivity index (χ0) is 13.1. The van der Waals surface area contributed by atoms with E-state index in [-0.39, 0.29) is 35.9 Å². The van der Waals surface area contributed by atoms with Gasteiger partial charge in [-0.25, -0.2) is 0 Å². The summed E-state index contributed by atoms with van der Waals surface area (Å²) in [6.07, 6.45) is 0.434. The van der Waals surface area contributed by atoms with Crippen LogP contribution in [0.1, 0.15) is 20.3 Å². The summed E-state index contributed by atoms with van der Waals surface area (Å²) in [4.78, 5) is 15.4. The molecule has 0 aliphatic carbocycles. The van der Waals surface area contributed by atoms with Crippen molar-refractivity contribution in [3.05, 3.63) is 0 Å². The highest BCUT2D eigenvalue weighted by Gasteiger charge is 2.03. The van der Waals surface area contributed by atoms with Gasteiger partial charge in [0, 0.05) is 39.7 Å². The van der Waals surface area contributed by atoms with Gasteiger partial charge in [-0.2, -0.15) is 0 Å². The summed E-state index contributed by atoms with van der Waals surface area (Å²) in [6.45, 7) is 5.75. The number of aliphatic imine (C=N–C) groups is 1. The Balaban J connectivity index is 0. The maximum atomic E-state index is 11.4. The zero-order valence-electron chi connectivity index (χ0n) is 11.6. The van der Waals surface area contributed by atoms with Gasteiger partial charge in [0.15, 0.2) is 5.96 Å². The Morgan fingerprint density at radius 1 is 1.28 bits per heavy atom. The molecule has 1 amide bonds. The maximum Gasteiger partial charge on any atom is 0.221 e. The summed E-state index contributed by atoms with van der Waals surface area (Å²) in [5.74, 6) is 0.722. The van der Waals surface area contributed by atoms with Crippen LogP contribution in [-0.2, 0) is 9.53 Å². The third-order valence-electron chi connectivity index (χ3n) is 1.92. The normalized spacial score (nSPS) is 10.8. The van der Waals surface area contributed by atoms with Crippen molar-refractivity contribution >= 4 is 35.8 Å². The lowest BCUT2D eigenvalue weighted by molar-refractivity contribution is -0.121. The van der Waals surface area contributed by atoms with Crippen molar-refractivity contribution in [1.29, 1.82) is 0 Å². The molecule has 18 heavy (non-hydrogen) atoms. The average molecular weight is 372 g/mol. The molecule has 3 N–H and O–H groups in total. The van der Waals surface area contributed by atoms with Gasteiger partial charge in [0.25, 0.3) is 0 Å². The minimum Gasteiger partial charge on any atom is -0.383 e. The summed E-state index contributed by atoms with van der Waals surface area (Å²) in [5, 5.41) is 8.95. The molecule has 108 valence electrons. The molecule has 0 saturated carbocycles. The molecule has 6 nitrogen and oxygen atoms in total. The lowest BCUT2D eigenvalue weighted by Gasteiger charge is -2.12. The number of nitrogens with one attached hydrogen (secondary N) is 3. The van der Waals surface area contributed by atoms with Crippen molar-refractivity contribution < 1.29 is 9.53 Å². The molecule has 0 unspecified atom stereocenters. The summed E-state index contributed by atoms with van der Waals surface area (Å²) < 4.78 is 4.91. The van der Waals surface area contributed by atoms with E-state index in [2.05, 4.69) is 20.9 Å². The number of nitrogens with zero attached hydrogens (tertiary/aromatic N) is 1. The van der Waals surface area contributed by atoms with E-state index >= 15 is 0 Å². The number of halogens is 1. The Bertz CT molecular complexity index is 247. The maximum absolute atomic E-state index is 11.4. The van der Waals surface area contributed by atoms with E-state index in [0.29, 0.717) is 32.1 Å². The molecule has 0 aliphatic heterocycles. The molecule has 0 fully saturated rings. The van der Waals surface area contributed by atoms with E-state index in [0.717, 1.165) is 0 Å². The highest BCUT2D eigenvalue weighted by atomic mass is 127. The first-order valence-electron chi connectivity index (χ1n) is 5.83. The number of amides is 1. The van der Waals surface area contributed by atoms with Crippen LogP contribution in [0.15, 0.2) is 4.99 Å². The van der Waals surface area contributed by atoms with E-state index in [1.807, 2.05) is 13.8 Å². The van der Waals surface area contributed by atoms with Gasteiger partial charge in [-0.05, 0) is 13.8 Å². The van der Waals surface area contributed by atoms with E-state index in [1.165, 1.54) is 0 Å². The minimum absolute atomic E-state index is 0. The lowest BCUT2D eigenvalue weighted by Crippen LogP contribution is -2.41. The van der Waals surface area contributed by atoms with Gasteiger partial charge in [0.2, 0.25) is 5.91 Å².